The summed E-state index contributed by atoms with van der Waals surface area (Å²) in [6, 6.07) is 0.659. The van der Waals surface area contributed by atoms with Crippen LogP contribution in [0.15, 0.2) is 5.10 Å². The lowest BCUT2D eigenvalue weighted by Gasteiger charge is -2.41. The van der Waals surface area contributed by atoms with Gasteiger partial charge in [-0.1, -0.05) is 27.2 Å². The molecule has 0 N–H and O–H groups in total. The van der Waals surface area contributed by atoms with Crippen LogP contribution in [-0.4, -0.2) is 35.5 Å². The fraction of sp³-hybridized carbons (Fsp3) is 0.929. The molecule has 3 atom stereocenters. The van der Waals surface area contributed by atoms with E-state index in [9.17, 15) is 0 Å². The highest BCUT2D eigenvalue weighted by Crippen LogP contribution is 2.37. The number of nitrogens with zero attached hydrogens (tertiary/aromatic N) is 3. The lowest BCUT2D eigenvalue weighted by Crippen LogP contribution is -2.44. The zero-order valence-corrected chi connectivity index (χ0v) is 11.8. The summed E-state index contributed by atoms with van der Waals surface area (Å²) < 4.78 is 0. The molecule has 0 bridgehead atoms. The minimum absolute atomic E-state index is 0.659. The van der Waals surface area contributed by atoms with E-state index in [2.05, 4.69) is 42.7 Å². The monoisotopic (exact) mass is 237 g/mol. The van der Waals surface area contributed by atoms with Crippen LogP contribution in [0.1, 0.15) is 47.0 Å². The van der Waals surface area contributed by atoms with Crippen molar-refractivity contribution in [3.05, 3.63) is 0 Å². The molecule has 0 aromatic rings. The minimum atomic E-state index is 0.659. The summed E-state index contributed by atoms with van der Waals surface area (Å²) in [6.07, 6.45) is 6.10. The van der Waals surface area contributed by atoms with Gasteiger partial charge >= 0.3 is 0 Å². The van der Waals surface area contributed by atoms with Gasteiger partial charge in [-0.15, -0.1) is 0 Å². The molecule has 0 aromatic heterocycles. The predicted molar refractivity (Wildman–Crippen MR) is 72.7 cm³/mol. The summed E-state index contributed by atoms with van der Waals surface area (Å²) >= 11 is 0. The first kappa shape index (κ1) is 12.7. The molecule has 98 valence electrons. The van der Waals surface area contributed by atoms with Crippen molar-refractivity contribution in [2.45, 2.75) is 53.0 Å². The van der Waals surface area contributed by atoms with Crippen molar-refractivity contribution < 1.29 is 0 Å². The second kappa shape index (κ2) is 5.28. The standard InChI is InChI=1S/C14H27N3/c1-5-16-9-15-17(10-16)14-8-12(4)6-7-13(14)11(2)3/h9,11-14H,5-8,10H2,1-4H3/t12-,13+,14+/m0/s1. The van der Waals surface area contributed by atoms with Crippen molar-refractivity contribution in [2.24, 2.45) is 22.9 Å². The van der Waals surface area contributed by atoms with Gasteiger partial charge in [0.05, 0.1) is 6.04 Å². The Hall–Kier alpha value is -0.730. The third kappa shape index (κ3) is 2.75. The normalized spacial score (nSPS) is 33.8. The smallest absolute Gasteiger partial charge is 0.113 e. The first-order chi connectivity index (χ1) is 8.11. The Morgan fingerprint density at radius 2 is 2.12 bits per heavy atom. The second-order valence-corrected chi connectivity index (χ2v) is 6.11. The maximum atomic E-state index is 4.61. The molecule has 1 saturated carbocycles. The van der Waals surface area contributed by atoms with Gasteiger partial charge in [0.1, 0.15) is 13.0 Å². The molecule has 17 heavy (non-hydrogen) atoms. The Kier molecular flexibility index (Phi) is 3.95. The summed E-state index contributed by atoms with van der Waals surface area (Å²) in [5.41, 5.74) is 0. The summed E-state index contributed by atoms with van der Waals surface area (Å²) in [6.45, 7) is 11.4. The Labute approximate surface area is 106 Å². The van der Waals surface area contributed by atoms with Crippen LogP contribution in [-0.2, 0) is 0 Å². The van der Waals surface area contributed by atoms with Crippen LogP contribution >= 0.6 is 0 Å². The largest absolute Gasteiger partial charge is 0.342 e. The number of hydrazone groups is 1. The Bertz CT molecular complexity index is 275. The topological polar surface area (TPSA) is 18.8 Å². The SMILES string of the molecule is CCN1C=NN([C@@H]2C[C@@H](C)CC[C@@H]2C(C)C)C1. The fourth-order valence-electron chi connectivity index (χ4n) is 3.27. The lowest BCUT2D eigenvalue weighted by atomic mass is 9.74. The van der Waals surface area contributed by atoms with E-state index in [0.29, 0.717) is 6.04 Å². The summed E-state index contributed by atoms with van der Waals surface area (Å²) in [5, 5.41) is 6.95. The Morgan fingerprint density at radius 3 is 2.71 bits per heavy atom. The molecule has 0 radical (unpaired) electrons. The van der Waals surface area contributed by atoms with Crippen molar-refractivity contribution in [1.82, 2.24) is 9.91 Å². The highest BCUT2D eigenvalue weighted by atomic mass is 15.6. The lowest BCUT2D eigenvalue weighted by molar-refractivity contribution is 0.0522. The summed E-state index contributed by atoms with van der Waals surface area (Å²) in [4.78, 5) is 2.29. The molecule has 2 aliphatic rings. The van der Waals surface area contributed by atoms with E-state index in [1.165, 1.54) is 19.3 Å². The Balaban J connectivity index is 2.03. The van der Waals surface area contributed by atoms with Crippen LogP contribution in [0.4, 0.5) is 0 Å². The minimum Gasteiger partial charge on any atom is -0.342 e. The van der Waals surface area contributed by atoms with Crippen molar-refractivity contribution in [2.75, 3.05) is 13.2 Å². The average molecular weight is 237 g/mol. The van der Waals surface area contributed by atoms with E-state index >= 15 is 0 Å². The fourth-order valence-corrected chi connectivity index (χ4v) is 3.27. The van der Waals surface area contributed by atoms with Gasteiger partial charge in [0.2, 0.25) is 0 Å². The molecule has 1 heterocycles. The number of rotatable bonds is 3. The van der Waals surface area contributed by atoms with Gasteiger partial charge in [0, 0.05) is 6.54 Å². The Morgan fingerprint density at radius 1 is 1.35 bits per heavy atom. The average Bonchev–Trinajstić information content (AvgIpc) is 2.76. The first-order valence-corrected chi connectivity index (χ1v) is 7.16. The molecule has 2 rings (SSSR count). The zero-order chi connectivity index (χ0) is 12.4. The molecule has 1 aliphatic heterocycles. The quantitative estimate of drug-likeness (QED) is 0.751. The maximum Gasteiger partial charge on any atom is 0.113 e. The number of hydrogen-bond acceptors (Lipinski definition) is 3. The maximum absolute atomic E-state index is 4.61. The molecule has 3 heteroatoms. The van der Waals surface area contributed by atoms with Crippen LogP contribution in [0.25, 0.3) is 0 Å². The van der Waals surface area contributed by atoms with Crippen molar-refractivity contribution >= 4 is 6.34 Å². The molecule has 1 aliphatic carbocycles. The first-order valence-electron chi connectivity index (χ1n) is 7.16. The van der Waals surface area contributed by atoms with Gasteiger partial charge in [-0.05, 0) is 37.5 Å². The van der Waals surface area contributed by atoms with Gasteiger partial charge in [0.15, 0.2) is 0 Å². The highest BCUT2D eigenvalue weighted by Gasteiger charge is 2.35. The van der Waals surface area contributed by atoms with Crippen molar-refractivity contribution in [3.63, 3.8) is 0 Å². The highest BCUT2D eigenvalue weighted by molar-refractivity contribution is 5.56. The van der Waals surface area contributed by atoms with Gasteiger partial charge < -0.3 is 4.90 Å². The third-order valence-corrected chi connectivity index (χ3v) is 4.47. The van der Waals surface area contributed by atoms with Gasteiger partial charge in [-0.3, -0.25) is 5.01 Å². The van der Waals surface area contributed by atoms with E-state index in [0.717, 1.165) is 31.0 Å². The second-order valence-electron chi connectivity index (χ2n) is 6.11. The van der Waals surface area contributed by atoms with E-state index in [4.69, 9.17) is 0 Å². The number of hydrogen-bond donors (Lipinski definition) is 0. The van der Waals surface area contributed by atoms with Gasteiger partial charge in [-0.25, -0.2) is 0 Å². The molecule has 0 aromatic carbocycles. The molecule has 3 nitrogen and oxygen atoms in total. The zero-order valence-electron chi connectivity index (χ0n) is 11.8. The van der Waals surface area contributed by atoms with Crippen LogP contribution in [0.5, 0.6) is 0 Å². The molecule has 0 amide bonds. The van der Waals surface area contributed by atoms with Gasteiger partial charge in [0.25, 0.3) is 0 Å². The van der Waals surface area contributed by atoms with Crippen LogP contribution in [0.2, 0.25) is 0 Å². The molecule has 0 unspecified atom stereocenters. The van der Waals surface area contributed by atoms with E-state index < -0.39 is 0 Å². The van der Waals surface area contributed by atoms with Crippen molar-refractivity contribution in [3.8, 4) is 0 Å². The molecular weight excluding hydrogens is 210 g/mol. The van der Waals surface area contributed by atoms with E-state index in [-0.39, 0.29) is 0 Å². The summed E-state index contributed by atoms with van der Waals surface area (Å²) in [5.74, 6) is 2.46. The molecule has 0 saturated heterocycles. The predicted octanol–water partition coefficient (Wildman–Crippen LogP) is 2.99. The van der Waals surface area contributed by atoms with E-state index in [1.54, 1.807) is 0 Å². The molecular formula is C14H27N3. The third-order valence-electron chi connectivity index (χ3n) is 4.47. The van der Waals surface area contributed by atoms with Crippen LogP contribution < -0.4 is 0 Å². The van der Waals surface area contributed by atoms with Crippen LogP contribution in [0, 0.1) is 17.8 Å². The van der Waals surface area contributed by atoms with Crippen molar-refractivity contribution in [1.29, 1.82) is 0 Å². The summed E-state index contributed by atoms with van der Waals surface area (Å²) in [7, 11) is 0. The van der Waals surface area contributed by atoms with E-state index in [1.807, 2.05) is 6.34 Å². The van der Waals surface area contributed by atoms with Crippen LogP contribution in [0.3, 0.4) is 0 Å². The molecule has 0 spiro atoms. The molecule has 1 fully saturated rings. The van der Waals surface area contributed by atoms with Gasteiger partial charge in [-0.2, -0.15) is 5.10 Å².